The summed E-state index contributed by atoms with van der Waals surface area (Å²) in [4.78, 5) is 25.6. The maximum atomic E-state index is 12.2. The molecule has 3 aromatic rings. The van der Waals surface area contributed by atoms with Gasteiger partial charge in [0.15, 0.2) is 0 Å². The standard InChI is InChI=1S/C17H14INO3.C9H12INO/c18-12-6-8-13(9-7-12)22-11-3-10-19-16(20)14-4-1-2-5-15(14)17(19)21;10-8-2-4-9(5-3-8)12-7-1-6-11/h1-2,4-9H,3,10-11H2;2-5H,1,6-7,11H2. The lowest BCUT2D eigenvalue weighted by Crippen LogP contribution is -2.31. The van der Waals surface area contributed by atoms with Crippen LogP contribution in [0.15, 0.2) is 72.8 Å². The first-order chi connectivity index (χ1) is 16.5. The molecule has 0 radical (unpaired) electrons. The zero-order chi connectivity index (χ0) is 24.3. The highest BCUT2D eigenvalue weighted by Crippen LogP contribution is 2.22. The van der Waals surface area contributed by atoms with E-state index in [0.29, 0.717) is 43.9 Å². The first-order valence-corrected chi connectivity index (χ1v) is 13.1. The molecular formula is C26H26I2N2O4. The van der Waals surface area contributed by atoms with E-state index >= 15 is 0 Å². The zero-order valence-corrected chi connectivity index (χ0v) is 22.9. The predicted octanol–water partition coefficient (Wildman–Crippen LogP) is 5.38. The number of benzene rings is 3. The number of fused-ring (bicyclic) bond motifs is 1. The van der Waals surface area contributed by atoms with Gasteiger partial charge in [0.05, 0.1) is 24.3 Å². The minimum atomic E-state index is -0.213. The van der Waals surface area contributed by atoms with Gasteiger partial charge in [-0.2, -0.15) is 0 Å². The SMILES string of the molecule is NCCCOc1ccc(I)cc1.O=C1c2ccccc2C(=O)N1CCCOc1ccc(I)cc1. The van der Waals surface area contributed by atoms with Gasteiger partial charge in [0, 0.05) is 13.7 Å². The molecule has 0 saturated heterocycles. The molecule has 0 fully saturated rings. The summed E-state index contributed by atoms with van der Waals surface area (Å²) < 4.78 is 13.4. The maximum Gasteiger partial charge on any atom is 0.261 e. The molecular weight excluding hydrogens is 658 g/mol. The summed E-state index contributed by atoms with van der Waals surface area (Å²) in [5.74, 6) is 1.29. The van der Waals surface area contributed by atoms with Crippen molar-refractivity contribution >= 4 is 57.0 Å². The van der Waals surface area contributed by atoms with E-state index in [2.05, 4.69) is 45.2 Å². The molecule has 1 aliphatic heterocycles. The highest BCUT2D eigenvalue weighted by Gasteiger charge is 2.34. The van der Waals surface area contributed by atoms with Gasteiger partial charge in [-0.25, -0.2) is 0 Å². The van der Waals surface area contributed by atoms with Crippen LogP contribution in [0.3, 0.4) is 0 Å². The predicted molar refractivity (Wildman–Crippen MR) is 149 cm³/mol. The third kappa shape index (κ3) is 7.67. The van der Waals surface area contributed by atoms with Gasteiger partial charge in [-0.15, -0.1) is 0 Å². The lowest BCUT2D eigenvalue weighted by atomic mass is 10.1. The van der Waals surface area contributed by atoms with Gasteiger partial charge >= 0.3 is 0 Å². The first-order valence-electron chi connectivity index (χ1n) is 10.9. The Kier molecular flexibility index (Phi) is 10.6. The molecule has 2 amide bonds. The van der Waals surface area contributed by atoms with Crippen molar-refractivity contribution in [2.24, 2.45) is 5.73 Å². The third-order valence-corrected chi connectivity index (χ3v) is 6.36. The number of carbonyl (C=O) groups excluding carboxylic acids is 2. The van der Waals surface area contributed by atoms with Crippen LogP contribution in [0.4, 0.5) is 0 Å². The third-order valence-electron chi connectivity index (χ3n) is 4.92. The number of amides is 2. The monoisotopic (exact) mass is 684 g/mol. The molecule has 0 spiro atoms. The molecule has 0 atom stereocenters. The number of hydrogen-bond donors (Lipinski definition) is 1. The van der Waals surface area contributed by atoms with Crippen molar-refractivity contribution in [1.29, 1.82) is 0 Å². The highest BCUT2D eigenvalue weighted by molar-refractivity contribution is 14.1. The topological polar surface area (TPSA) is 81.9 Å². The van der Waals surface area contributed by atoms with E-state index in [9.17, 15) is 9.59 Å². The van der Waals surface area contributed by atoms with E-state index in [1.165, 1.54) is 8.47 Å². The van der Waals surface area contributed by atoms with E-state index in [-0.39, 0.29) is 11.8 Å². The van der Waals surface area contributed by atoms with Gasteiger partial charge in [0.2, 0.25) is 0 Å². The molecule has 1 heterocycles. The fourth-order valence-corrected chi connectivity index (χ4v) is 3.91. The molecule has 0 saturated carbocycles. The lowest BCUT2D eigenvalue weighted by molar-refractivity contribution is 0.0646. The number of carbonyl (C=O) groups is 2. The Balaban J connectivity index is 0.000000229. The molecule has 1 aliphatic rings. The van der Waals surface area contributed by atoms with Gasteiger partial charge in [-0.05, 0) is 125 Å². The van der Waals surface area contributed by atoms with Crippen LogP contribution in [0.5, 0.6) is 11.5 Å². The van der Waals surface area contributed by atoms with E-state index in [1.54, 1.807) is 24.3 Å². The van der Waals surface area contributed by atoms with Crippen LogP contribution in [0.25, 0.3) is 0 Å². The second-order valence-electron chi connectivity index (χ2n) is 7.41. The fraction of sp³-hybridized carbons (Fsp3) is 0.231. The van der Waals surface area contributed by atoms with Crippen LogP contribution in [0, 0.1) is 7.14 Å². The Morgan fingerprint density at radius 2 is 1.12 bits per heavy atom. The number of rotatable bonds is 9. The van der Waals surface area contributed by atoms with Crippen molar-refractivity contribution < 1.29 is 19.1 Å². The van der Waals surface area contributed by atoms with Crippen LogP contribution in [-0.2, 0) is 0 Å². The van der Waals surface area contributed by atoms with Gasteiger partial charge in [0.1, 0.15) is 11.5 Å². The number of ether oxygens (including phenoxy) is 2. The Morgan fingerprint density at radius 3 is 1.56 bits per heavy atom. The van der Waals surface area contributed by atoms with Crippen LogP contribution in [-0.4, -0.2) is 43.0 Å². The molecule has 178 valence electrons. The highest BCUT2D eigenvalue weighted by atomic mass is 127. The Morgan fingerprint density at radius 1 is 0.676 bits per heavy atom. The Bertz CT molecular complexity index is 1050. The zero-order valence-electron chi connectivity index (χ0n) is 18.6. The van der Waals surface area contributed by atoms with E-state index in [4.69, 9.17) is 15.2 Å². The molecule has 34 heavy (non-hydrogen) atoms. The van der Waals surface area contributed by atoms with E-state index in [0.717, 1.165) is 21.5 Å². The lowest BCUT2D eigenvalue weighted by Gasteiger charge is -2.14. The van der Waals surface area contributed by atoms with Crippen molar-refractivity contribution in [1.82, 2.24) is 4.90 Å². The minimum absolute atomic E-state index is 0.213. The number of imide groups is 1. The quantitative estimate of drug-likeness (QED) is 0.186. The molecule has 4 rings (SSSR count). The van der Waals surface area contributed by atoms with Crippen molar-refractivity contribution in [2.45, 2.75) is 12.8 Å². The summed E-state index contributed by atoms with van der Waals surface area (Å²) in [5, 5.41) is 0. The molecule has 8 heteroatoms. The molecule has 0 unspecified atom stereocenters. The summed E-state index contributed by atoms with van der Waals surface area (Å²) in [6, 6.07) is 22.7. The van der Waals surface area contributed by atoms with Gasteiger partial charge in [-0.3, -0.25) is 14.5 Å². The molecule has 2 N–H and O–H groups in total. The molecule has 6 nitrogen and oxygen atoms in total. The van der Waals surface area contributed by atoms with Crippen LogP contribution >= 0.6 is 45.2 Å². The molecule has 0 aliphatic carbocycles. The van der Waals surface area contributed by atoms with E-state index < -0.39 is 0 Å². The summed E-state index contributed by atoms with van der Waals surface area (Å²) >= 11 is 4.50. The van der Waals surface area contributed by atoms with Gasteiger partial charge in [-0.1, -0.05) is 12.1 Å². The second kappa shape index (κ2) is 13.6. The van der Waals surface area contributed by atoms with Crippen LogP contribution < -0.4 is 15.2 Å². The summed E-state index contributed by atoms with van der Waals surface area (Å²) in [6.07, 6.45) is 1.52. The molecule has 0 bridgehead atoms. The van der Waals surface area contributed by atoms with Crippen molar-refractivity contribution in [3.05, 3.63) is 91.1 Å². The maximum absolute atomic E-state index is 12.2. The smallest absolute Gasteiger partial charge is 0.261 e. The Labute approximate surface area is 227 Å². The van der Waals surface area contributed by atoms with Crippen molar-refractivity contribution in [3.63, 3.8) is 0 Å². The number of nitrogens with two attached hydrogens (primary N) is 1. The largest absolute Gasteiger partial charge is 0.494 e. The van der Waals surface area contributed by atoms with Crippen LogP contribution in [0.2, 0.25) is 0 Å². The number of nitrogens with zero attached hydrogens (tertiary/aromatic N) is 1. The average Bonchev–Trinajstić information content (AvgIpc) is 3.09. The number of hydrogen-bond acceptors (Lipinski definition) is 5. The summed E-state index contributed by atoms with van der Waals surface area (Å²) in [6.45, 7) is 2.23. The molecule has 3 aromatic carbocycles. The summed E-state index contributed by atoms with van der Waals surface area (Å²) in [7, 11) is 0. The minimum Gasteiger partial charge on any atom is -0.494 e. The van der Waals surface area contributed by atoms with Crippen molar-refractivity contribution in [2.75, 3.05) is 26.3 Å². The fourth-order valence-electron chi connectivity index (χ4n) is 3.19. The number of halogens is 2. The van der Waals surface area contributed by atoms with Crippen LogP contribution in [0.1, 0.15) is 33.6 Å². The normalized spacial score (nSPS) is 12.1. The molecule has 0 aromatic heterocycles. The average molecular weight is 684 g/mol. The Hall–Kier alpha value is -2.18. The first kappa shape index (κ1) is 26.4. The van der Waals surface area contributed by atoms with Gasteiger partial charge in [0.25, 0.3) is 11.8 Å². The van der Waals surface area contributed by atoms with Crippen molar-refractivity contribution in [3.8, 4) is 11.5 Å². The van der Waals surface area contributed by atoms with E-state index in [1.807, 2.05) is 48.5 Å². The second-order valence-corrected chi connectivity index (χ2v) is 9.90. The summed E-state index contributed by atoms with van der Waals surface area (Å²) in [5.41, 5.74) is 6.32. The van der Waals surface area contributed by atoms with Gasteiger partial charge < -0.3 is 15.2 Å².